The zero-order valence-electron chi connectivity index (χ0n) is 17.8. The van der Waals surface area contributed by atoms with Gasteiger partial charge in [0.1, 0.15) is 0 Å². The molecule has 10 heteroatoms. The molecule has 0 aromatic carbocycles. The number of rotatable bonds is 4. The number of hydrogen-bond acceptors (Lipinski definition) is 4. The van der Waals surface area contributed by atoms with E-state index in [0.717, 1.165) is 32.8 Å². The molecule has 2 aliphatic rings. The number of allylic oxidation sites excluding steroid dienone is 12. The summed E-state index contributed by atoms with van der Waals surface area (Å²) in [6.07, 6.45) is 20.0. The Labute approximate surface area is 223 Å². The zero-order chi connectivity index (χ0) is 22.6. The van der Waals surface area contributed by atoms with Gasteiger partial charge in [-0.05, 0) is 58.9 Å². The molecule has 4 rings (SSSR count). The fraction of sp³-hybridized carbons (Fsp3) is 0.182. The minimum Gasteiger partial charge on any atom is 0 e. The number of aromatic nitrogens is 2. The normalized spacial score (nSPS) is 12.7. The smallest absolute Gasteiger partial charge is 0 e. The van der Waals surface area contributed by atoms with Crippen molar-refractivity contribution in [3.8, 4) is 0 Å². The Balaban J connectivity index is 0.000000278. The van der Waals surface area contributed by atoms with Crippen molar-refractivity contribution < 1.29 is 30.0 Å². The summed E-state index contributed by atoms with van der Waals surface area (Å²) in [4.78, 5) is 10.8. The van der Waals surface area contributed by atoms with Crippen LogP contribution in [0.25, 0.3) is 10.6 Å². The Morgan fingerprint density at radius 3 is 1.31 bits per heavy atom. The van der Waals surface area contributed by atoms with Crippen molar-refractivity contribution in [2.45, 2.75) is 27.7 Å². The maximum atomic E-state index is 4.73. The molecule has 0 bridgehead atoms. The molecular weight excluding hydrogens is 570 g/mol. The summed E-state index contributed by atoms with van der Waals surface area (Å²) >= 11 is 3.61. The Morgan fingerprint density at radius 2 is 1.06 bits per heavy atom. The third kappa shape index (κ3) is 10.2. The molecule has 0 saturated heterocycles. The molecule has 0 spiro atoms. The topological polar surface area (TPSA) is 54.0 Å². The van der Waals surface area contributed by atoms with Gasteiger partial charge < -0.3 is 20.6 Å². The van der Waals surface area contributed by atoms with Crippen LogP contribution in [-0.2, 0) is 30.0 Å². The molecule has 0 atom stereocenters. The van der Waals surface area contributed by atoms with E-state index in [4.69, 9.17) is 20.3 Å². The molecule has 32 heavy (non-hydrogen) atoms. The average Bonchev–Trinajstić information content (AvgIpc) is 3.52. The van der Waals surface area contributed by atoms with Crippen molar-refractivity contribution in [1.29, 1.82) is 0 Å². The minimum atomic E-state index is 0. The summed E-state index contributed by atoms with van der Waals surface area (Å²) in [5, 5.41) is 10.6. The van der Waals surface area contributed by atoms with Crippen LogP contribution in [0.5, 0.6) is 0 Å². The first kappa shape index (κ1) is 28.9. The summed E-state index contributed by atoms with van der Waals surface area (Å²) in [6.45, 7) is 8.08. The molecule has 2 heterocycles. The molecule has 0 aliphatic heterocycles. The monoisotopic (exact) mass is 591 g/mol. The summed E-state index contributed by atoms with van der Waals surface area (Å²) in [6, 6.07) is 0. The molecule has 4 nitrogen and oxygen atoms in total. The zero-order valence-corrected chi connectivity index (χ0v) is 23.1. The SMILES string of the molecule is CC([N-]c1ncc(C)s1)=C1C=CC=C1.CC([N-]c1ncc(C)s1)=C1C=CC=C1.[Cl][Co][Cl].[Fe]. The van der Waals surface area contributed by atoms with Gasteiger partial charge in [-0.15, -0.1) is 0 Å². The fourth-order valence-corrected chi connectivity index (χ4v) is 3.80. The second-order valence-electron chi connectivity index (χ2n) is 6.30. The molecule has 0 radical (unpaired) electrons. The van der Waals surface area contributed by atoms with Gasteiger partial charge in [0.25, 0.3) is 0 Å². The van der Waals surface area contributed by atoms with Crippen LogP contribution in [-0.4, -0.2) is 9.97 Å². The number of nitrogens with zero attached hydrogens (tertiary/aromatic N) is 4. The van der Waals surface area contributed by atoms with Crippen LogP contribution >= 0.6 is 43.0 Å². The van der Waals surface area contributed by atoms with Crippen molar-refractivity contribution in [1.82, 2.24) is 9.97 Å². The van der Waals surface area contributed by atoms with Crippen LogP contribution in [0, 0.1) is 13.8 Å². The van der Waals surface area contributed by atoms with Crippen molar-refractivity contribution >= 4 is 53.2 Å². The van der Waals surface area contributed by atoms with Gasteiger partial charge in [-0.1, -0.05) is 72.4 Å². The Hall–Kier alpha value is -1.09. The van der Waals surface area contributed by atoms with E-state index in [9.17, 15) is 0 Å². The minimum absolute atomic E-state index is 0. The van der Waals surface area contributed by atoms with E-state index in [2.05, 4.69) is 44.9 Å². The van der Waals surface area contributed by atoms with Crippen LogP contribution in [0.4, 0.5) is 10.3 Å². The summed E-state index contributed by atoms with van der Waals surface area (Å²) < 4.78 is 0. The molecule has 0 amide bonds. The van der Waals surface area contributed by atoms with Crippen LogP contribution in [0.1, 0.15) is 23.6 Å². The van der Waals surface area contributed by atoms with Crippen LogP contribution < -0.4 is 0 Å². The van der Waals surface area contributed by atoms with Crippen molar-refractivity contribution in [2.24, 2.45) is 0 Å². The molecule has 0 N–H and O–H groups in total. The van der Waals surface area contributed by atoms with E-state index in [0.29, 0.717) is 12.9 Å². The van der Waals surface area contributed by atoms with Crippen molar-refractivity contribution in [3.05, 3.63) is 104 Å². The molecular formula is C22H22Cl2CoFeN4S2-2. The molecule has 0 saturated carbocycles. The van der Waals surface area contributed by atoms with E-state index < -0.39 is 0 Å². The third-order valence-corrected chi connectivity index (χ3v) is 5.52. The molecule has 2 aliphatic carbocycles. The van der Waals surface area contributed by atoms with Gasteiger partial charge in [-0.25, -0.2) is 0 Å². The van der Waals surface area contributed by atoms with E-state index >= 15 is 0 Å². The Bertz CT molecular complexity index is 942. The maximum absolute atomic E-state index is 4.73. The van der Waals surface area contributed by atoms with E-state index in [1.807, 2.05) is 64.4 Å². The maximum Gasteiger partial charge on any atom is 0 e. The summed E-state index contributed by atoms with van der Waals surface area (Å²) in [7, 11) is 9.47. The molecule has 0 fully saturated rings. The van der Waals surface area contributed by atoms with Crippen molar-refractivity contribution in [2.75, 3.05) is 0 Å². The van der Waals surface area contributed by atoms with E-state index in [1.54, 1.807) is 22.7 Å². The molecule has 175 valence electrons. The van der Waals surface area contributed by atoms with E-state index in [1.165, 1.54) is 9.75 Å². The van der Waals surface area contributed by atoms with Crippen LogP contribution in [0.2, 0.25) is 0 Å². The second kappa shape index (κ2) is 15.7. The molecule has 2 aromatic rings. The van der Waals surface area contributed by atoms with Crippen molar-refractivity contribution in [3.63, 3.8) is 0 Å². The quantitative estimate of drug-likeness (QED) is 0.333. The van der Waals surface area contributed by atoms with Gasteiger partial charge in [-0.2, -0.15) is 22.7 Å². The van der Waals surface area contributed by atoms with Gasteiger partial charge >= 0.3 is 33.2 Å². The second-order valence-corrected chi connectivity index (χ2v) is 10.4. The standard InChI is InChI=1S/2C11H11N2S.2ClH.Co.Fe/c2*1-8-7-12-11(14-8)13-9(2)10-5-3-4-6-10;;;;/h2*3-7H,1-2H3;2*1H;;/q2*-1;;;+2;/p-2. The van der Waals surface area contributed by atoms with Crippen LogP contribution in [0.3, 0.4) is 0 Å². The van der Waals surface area contributed by atoms with Gasteiger partial charge in [0.05, 0.1) is 0 Å². The Morgan fingerprint density at radius 1 is 0.750 bits per heavy atom. The van der Waals surface area contributed by atoms with Gasteiger partial charge in [-0.3, -0.25) is 0 Å². The summed E-state index contributed by atoms with van der Waals surface area (Å²) in [5.74, 6) is 0. The first-order valence-electron chi connectivity index (χ1n) is 9.16. The number of thiazole rings is 2. The number of hydrogen-bond donors (Lipinski definition) is 0. The third-order valence-electron chi connectivity index (χ3n) is 3.91. The first-order valence-corrected chi connectivity index (χ1v) is 13.7. The predicted molar refractivity (Wildman–Crippen MR) is 133 cm³/mol. The predicted octanol–water partition coefficient (Wildman–Crippen LogP) is 9.09. The molecule has 2 aromatic heterocycles. The largest absolute Gasteiger partial charge is 0 e. The number of aryl methyl sites for hydroxylation is 2. The van der Waals surface area contributed by atoms with Gasteiger partial charge in [0.2, 0.25) is 0 Å². The van der Waals surface area contributed by atoms with E-state index in [-0.39, 0.29) is 17.1 Å². The Kier molecular flexibility index (Phi) is 14.2. The van der Waals surface area contributed by atoms with Gasteiger partial charge in [0, 0.05) is 17.1 Å². The van der Waals surface area contributed by atoms with Gasteiger partial charge in [0.15, 0.2) is 0 Å². The first-order chi connectivity index (χ1) is 14.9. The number of halogens is 2. The molecule has 0 unspecified atom stereocenters. The summed E-state index contributed by atoms with van der Waals surface area (Å²) in [5.41, 5.74) is 4.37. The fourth-order valence-electron chi connectivity index (χ4n) is 2.44. The van der Waals surface area contributed by atoms with Crippen LogP contribution in [0.15, 0.2) is 83.5 Å². The average molecular weight is 592 g/mol.